The Morgan fingerprint density at radius 3 is 2.80 bits per heavy atom. The molecule has 0 saturated carbocycles. The first-order valence-electron chi connectivity index (χ1n) is 9.59. The van der Waals surface area contributed by atoms with Gasteiger partial charge in [-0.1, -0.05) is 22.0 Å². The Kier molecular flexibility index (Phi) is 4.87. The van der Waals surface area contributed by atoms with Crippen LogP contribution in [0.15, 0.2) is 39.8 Å². The Balaban J connectivity index is 1.62. The van der Waals surface area contributed by atoms with Gasteiger partial charge < -0.3 is 25.1 Å². The SMILES string of the molecule is NC1=N[C@@H](c2ccc(OCCO)cc2Br)n2c(nc3cc4c(cc32)OCCCO4)N1. The number of nitrogens with two attached hydrogens (primary N) is 1. The van der Waals surface area contributed by atoms with Crippen molar-refractivity contribution in [2.75, 3.05) is 31.7 Å². The van der Waals surface area contributed by atoms with Crippen LogP contribution >= 0.6 is 15.9 Å². The molecule has 0 unspecified atom stereocenters. The largest absolute Gasteiger partial charge is 0.491 e. The van der Waals surface area contributed by atoms with E-state index in [9.17, 15) is 0 Å². The number of benzene rings is 2. The van der Waals surface area contributed by atoms with E-state index in [1.165, 1.54) is 0 Å². The maximum absolute atomic E-state index is 8.97. The number of rotatable bonds is 4. The highest BCUT2D eigenvalue weighted by molar-refractivity contribution is 9.10. The number of halogens is 1. The van der Waals surface area contributed by atoms with Crippen LogP contribution in [0.25, 0.3) is 11.0 Å². The molecule has 0 fully saturated rings. The van der Waals surface area contributed by atoms with Crippen molar-refractivity contribution in [3.63, 3.8) is 0 Å². The molecule has 1 aromatic heterocycles. The van der Waals surface area contributed by atoms with Gasteiger partial charge in [0.2, 0.25) is 5.95 Å². The fourth-order valence-electron chi connectivity index (χ4n) is 3.60. The van der Waals surface area contributed by atoms with Gasteiger partial charge >= 0.3 is 0 Å². The molecule has 156 valence electrons. The Hall–Kier alpha value is -2.98. The van der Waals surface area contributed by atoms with Crippen molar-refractivity contribution in [2.24, 2.45) is 10.7 Å². The van der Waals surface area contributed by atoms with Crippen LogP contribution in [-0.2, 0) is 0 Å². The lowest BCUT2D eigenvalue weighted by atomic mass is 10.1. The van der Waals surface area contributed by atoms with Crippen LogP contribution in [0.1, 0.15) is 18.2 Å². The van der Waals surface area contributed by atoms with Gasteiger partial charge in [0.05, 0.1) is 30.9 Å². The minimum absolute atomic E-state index is 0.0466. The predicted molar refractivity (Wildman–Crippen MR) is 115 cm³/mol. The van der Waals surface area contributed by atoms with Crippen LogP contribution in [0.2, 0.25) is 0 Å². The summed E-state index contributed by atoms with van der Waals surface area (Å²) in [6.45, 7) is 1.40. The zero-order valence-electron chi connectivity index (χ0n) is 16.0. The van der Waals surface area contributed by atoms with Crippen LogP contribution in [0.3, 0.4) is 0 Å². The third kappa shape index (κ3) is 3.31. The van der Waals surface area contributed by atoms with Gasteiger partial charge in [-0.25, -0.2) is 9.98 Å². The van der Waals surface area contributed by atoms with Crippen molar-refractivity contribution in [3.8, 4) is 17.2 Å². The van der Waals surface area contributed by atoms with E-state index in [-0.39, 0.29) is 19.2 Å². The third-order valence-electron chi connectivity index (χ3n) is 4.91. The van der Waals surface area contributed by atoms with Crippen LogP contribution in [0, 0.1) is 0 Å². The molecule has 2 aliphatic heterocycles. The van der Waals surface area contributed by atoms with Gasteiger partial charge in [-0.3, -0.25) is 9.88 Å². The molecular weight excluding hydrogens is 454 g/mol. The van der Waals surface area contributed by atoms with E-state index in [1.807, 2.05) is 34.9 Å². The van der Waals surface area contributed by atoms with Gasteiger partial charge in [0.25, 0.3) is 0 Å². The zero-order valence-corrected chi connectivity index (χ0v) is 17.6. The highest BCUT2D eigenvalue weighted by Crippen LogP contribution is 2.40. The van der Waals surface area contributed by atoms with E-state index in [1.54, 1.807) is 0 Å². The molecule has 5 rings (SSSR count). The molecule has 9 nitrogen and oxygen atoms in total. The number of hydrogen-bond acceptors (Lipinski definition) is 8. The number of aliphatic hydroxyl groups is 1. The lowest BCUT2D eigenvalue weighted by Gasteiger charge is -2.25. The van der Waals surface area contributed by atoms with Gasteiger partial charge in [-0.2, -0.15) is 0 Å². The number of anilines is 1. The molecule has 1 atom stereocenters. The average molecular weight is 474 g/mol. The third-order valence-corrected chi connectivity index (χ3v) is 5.60. The van der Waals surface area contributed by atoms with Crippen molar-refractivity contribution in [3.05, 3.63) is 40.4 Å². The maximum Gasteiger partial charge on any atom is 0.212 e. The fraction of sp³-hybridized carbons (Fsp3) is 0.300. The van der Waals surface area contributed by atoms with E-state index in [0.717, 1.165) is 27.5 Å². The highest BCUT2D eigenvalue weighted by Gasteiger charge is 2.28. The number of guanidine groups is 1. The predicted octanol–water partition coefficient (Wildman–Crippen LogP) is 2.62. The summed E-state index contributed by atoms with van der Waals surface area (Å²) in [6.07, 6.45) is 0.400. The van der Waals surface area contributed by atoms with E-state index >= 15 is 0 Å². The van der Waals surface area contributed by atoms with Crippen molar-refractivity contribution in [2.45, 2.75) is 12.6 Å². The molecule has 0 saturated heterocycles. The molecule has 30 heavy (non-hydrogen) atoms. The molecule has 0 bridgehead atoms. The summed E-state index contributed by atoms with van der Waals surface area (Å²) < 4.78 is 19.9. The van der Waals surface area contributed by atoms with Crippen molar-refractivity contribution in [1.29, 1.82) is 0 Å². The first-order chi connectivity index (χ1) is 14.6. The summed E-state index contributed by atoms with van der Waals surface area (Å²) in [5.74, 6) is 2.90. The number of aromatic nitrogens is 2. The lowest BCUT2D eigenvalue weighted by Crippen LogP contribution is -2.31. The number of hydrogen-bond donors (Lipinski definition) is 3. The summed E-state index contributed by atoms with van der Waals surface area (Å²) >= 11 is 3.62. The molecule has 0 spiro atoms. The topological polar surface area (TPSA) is 116 Å². The van der Waals surface area contributed by atoms with Gasteiger partial charge in [0.1, 0.15) is 12.4 Å². The highest BCUT2D eigenvalue weighted by atomic mass is 79.9. The van der Waals surface area contributed by atoms with Gasteiger partial charge in [-0.05, 0) is 12.1 Å². The summed E-state index contributed by atoms with van der Waals surface area (Å²) in [5.41, 5.74) is 8.56. The Bertz CT molecular complexity index is 1150. The van der Waals surface area contributed by atoms with E-state index < -0.39 is 6.17 Å². The standard InChI is InChI=1S/C20H20BrN5O4/c21-13-8-11(28-7-4-27)2-3-12(13)18-24-19(22)25-20-23-14-9-16-17(10-15(14)26(18)20)30-6-1-5-29-16/h2-3,8-10,18,27H,1,4-7H2,(H3,22,23,24,25)/t18-/m1/s1. The molecule has 4 N–H and O–H groups in total. The van der Waals surface area contributed by atoms with Gasteiger partial charge in [0, 0.05) is 28.6 Å². The van der Waals surface area contributed by atoms with E-state index in [4.69, 9.17) is 30.0 Å². The summed E-state index contributed by atoms with van der Waals surface area (Å²) in [6, 6.07) is 9.43. The minimum Gasteiger partial charge on any atom is -0.491 e. The zero-order chi connectivity index (χ0) is 20.7. The Labute approximate surface area is 180 Å². The van der Waals surface area contributed by atoms with Crippen molar-refractivity contribution >= 4 is 38.9 Å². The van der Waals surface area contributed by atoms with E-state index in [2.05, 4.69) is 26.2 Å². The lowest BCUT2D eigenvalue weighted by molar-refractivity contribution is 0.201. The second-order valence-electron chi connectivity index (χ2n) is 6.91. The minimum atomic E-state index is -0.433. The summed E-state index contributed by atoms with van der Waals surface area (Å²) in [5, 5.41) is 12.0. The van der Waals surface area contributed by atoms with Crippen molar-refractivity contribution in [1.82, 2.24) is 9.55 Å². The smallest absolute Gasteiger partial charge is 0.212 e. The molecule has 3 aromatic rings. The number of fused-ring (bicyclic) bond motifs is 4. The Morgan fingerprint density at radius 1 is 1.23 bits per heavy atom. The molecule has 0 aliphatic carbocycles. The molecular formula is C20H20BrN5O4. The summed E-state index contributed by atoms with van der Waals surface area (Å²) in [7, 11) is 0. The van der Waals surface area contributed by atoms with Crippen LogP contribution < -0.4 is 25.3 Å². The fourth-order valence-corrected chi connectivity index (χ4v) is 4.17. The molecule has 2 aromatic carbocycles. The molecule has 0 radical (unpaired) electrons. The Morgan fingerprint density at radius 2 is 2.03 bits per heavy atom. The number of nitrogens with zero attached hydrogens (tertiary/aromatic N) is 3. The second-order valence-corrected chi connectivity index (χ2v) is 7.77. The number of imidazole rings is 1. The quantitative estimate of drug-likeness (QED) is 0.533. The number of aliphatic hydroxyl groups excluding tert-OH is 1. The number of aliphatic imine (C=N–C) groups is 1. The average Bonchev–Trinajstić information content (AvgIpc) is 2.91. The van der Waals surface area contributed by atoms with Crippen LogP contribution in [0.5, 0.6) is 17.2 Å². The molecule has 10 heteroatoms. The van der Waals surface area contributed by atoms with E-state index in [0.29, 0.717) is 36.4 Å². The van der Waals surface area contributed by atoms with Gasteiger partial charge in [-0.15, -0.1) is 0 Å². The first kappa shape index (κ1) is 19.0. The molecule has 3 heterocycles. The number of nitrogens with one attached hydrogen (secondary N) is 1. The second kappa shape index (κ2) is 7.69. The summed E-state index contributed by atoms with van der Waals surface area (Å²) in [4.78, 5) is 9.32. The normalized spacial score (nSPS) is 17.7. The molecule has 2 aliphatic rings. The first-order valence-corrected chi connectivity index (χ1v) is 10.4. The van der Waals surface area contributed by atoms with Gasteiger partial charge in [0.15, 0.2) is 23.6 Å². The molecule has 0 amide bonds. The van der Waals surface area contributed by atoms with Crippen LogP contribution in [0.4, 0.5) is 5.95 Å². The van der Waals surface area contributed by atoms with Crippen LogP contribution in [-0.4, -0.2) is 47.0 Å². The number of ether oxygens (including phenoxy) is 3. The maximum atomic E-state index is 8.97. The monoisotopic (exact) mass is 473 g/mol. The van der Waals surface area contributed by atoms with Crippen molar-refractivity contribution < 1.29 is 19.3 Å².